The predicted molar refractivity (Wildman–Crippen MR) is 77.1 cm³/mol. The zero-order valence-electron chi connectivity index (χ0n) is 11.0. The monoisotopic (exact) mass is 279 g/mol. The van der Waals surface area contributed by atoms with Crippen molar-refractivity contribution in [1.29, 1.82) is 0 Å². The maximum Gasteiger partial charge on any atom is 0.322 e. The molecule has 0 radical (unpaired) electrons. The van der Waals surface area contributed by atoms with E-state index in [1.165, 1.54) is 5.56 Å². The smallest absolute Gasteiger partial charge is 0.322 e. The Morgan fingerprint density at radius 1 is 1.21 bits per heavy atom. The summed E-state index contributed by atoms with van der Waals surface area (Å²) in [5.74, 6) is 1.05. The first-order valence-electron chi connectivity index (χ1n) is 6.10. The quantitative estimate of drug-likeness (QED) is 0.808. The summed E-state index contributed by atoms with van der Waals surface area (Å²) in [5, 5.41) is 10.4. The molecule has 0 aliphatic heterocycles. The van der Waals surface area contributed by atoms with Crippen molar-refractivity contribution in [1.82, 2.24) is 15.0 Å². The van der Waals surface area contributed by atoms with Gasteiger partial charge in [0.05, 0.1) is 7.11 Å². The van der Waals surface area contributed by atoms with Crippen LogP contribution in [0.15, 0.2) is 16.8 Å². The topological polar surface area (TPSA) is 72.0 Å². The molecule has 0 aliphatic carbocycles. The van der Waals surface area contributed by atoms with Crippen LogP contribution in [-0.2, 0) is 6.42 Å². The van der Waals surface area contributed by atoms with Gasteiger partial charge in [0.15, 0.2) is 0 Å². The first kappa shape index (κ1) is 13.5. The first-order valence-corrected chi connectivity index (χ1v) is 7.05. The fraction of sp³-hybridized carbons (Fsp3) is 0.417. The summed E-state index contributed by atoms with van der Waals surface area (Å²) in [4.78, 5) is 12.5. The highest BCUT2D eigenvalue weighted by atomic mass is 32.1. The largest absolute Gasteiger partial charge is 0.467 e. The van der Waals surface area contributed by atoms with Crippen molar-refractivity contribution >= 4 is 23.2 Å². The zero-order valence-corrected chi connectivity index (χ0v) is 11.8. The second-order valence-electron chi connectivity index (χ2n) is 3.81. The molecule has 2 rings (SSSR count). The fourth-order valence-corrected chi connectivity index (χ4v) is 2.22. The molecule has 0 aliphatic rings. The number of rotatable bonds is 7. The normalized spacial score (nSPS) is 10.2. The van der Waals surface area contributed by atoms with Crippen molar-refractivity contribution in [2.75, 3.05) is 30.8 Å². The molecule has 0 amide bonds. The van der Waals surface area contributed by atoms with Gasteiger partial charge in [0.1, 0.15) is 0 Å². The van der Waals surface area contributed by atoms with Crippen LogP contribution in [0.4, 0.5) is 11.9 Å². The number of hydrogen-bond acceptors (Lipinski definition) is 7. The molecule has 2 N–H and O–H groups in total. The lowest BCUT2D eigenvalue weighted by molar-refractivity contribution is 0.379. The molecule has 2 heterocycles. The Kier molecular flexibility index (Phi) is 4.91. The van der Waals surface area contributed by atoms with Gasteiger partial charge in [-0.3, -0.25) is 0 Å². The van der Waals surface area contributed by atoms with E-state index in [2.05, 4.69) is 42.4 Å². The SMILES string of the molecule is CCNc1nc(NCCc2ccsc2)nc(OC)n1. The first-order chi connectivity index (χ1) is 9.31. The fourth-order valence-electron chi connectivity index (χ4n) is 1.52. The van der Waals surface area contributed by atoms with Gasteiger partial charge in [0.2, 0.25) is 11.9 Å². The van der Waals surface area contributed by atoms with E-state index in [1.807, 2.05) is 6.92 Å². The van der Waals surface area contributed by atoms with Gasteiger partial charge in [-0.1, -0.05) is 0 Å². The summed E-state index contributed by atoms with van der Waals surface area (Å²) in [6, 6.07) is 2.42. The van der Waals surface area contributed by atoms with Gasteiger partial charge < -0.3 is 15.4 Å². The number of nitrogens with zero attached hydrogens (tertiary/aromatic N) is 3. The Labute approximate surface area is 116 Å². The van der Waals surface area contributed by atoms with Crippen molar-refractivity contribution in [2.45, 2.75) is 13.3 Å². The number of nitrogens with one attached hydrogen (secondary N) is 2. The standard InChI is InChI=1S/C12H17N5OS/c1-3-13-10-15-11(17-12(16-10)18-2)14-6-4-9-5-7-19-8-9/h5,7-8H,3-4,6H2,1-2H3,(H2,13,14,15,16,17). The summed E-state index contributed by atoms with van der Waals surface area (Å²) >= 11 is 1.70. The van der Waals surface area contributed by atoms with E-state index in [4.69, 9.17) is 4.74 Å². The number of thiophene rings is 1. The molecule has 0 fully saturated rings. The maximum atomic E-state index is 5.05. The number of hydrogen-bond donors (Lipinski definition) is 2. The summed E-state index contributed by atoms with van der Waals surface area (Å²) in [5.41, 5.74) is 1.31. The minimum absolute atomic E-state index is 0.309. The van der Waals surface area contributed by atoms with Crippen LogP contribution in [0.3, 0.4) is 0 Å². The predicted octanol–water partition coefficient (Wildman–Crippen LogP) is 2.03. The third-order valence-corrected chi connectivity index (χ3v) is 3.14. The summed E-state index contributed by atoms with van der Waals surface area (Å²) in [7, 11) is 1.54. The number of methoxy groups -OCH3 is 1. The molecular weight excluding hydrogens is 262 g/mol. The molecule has 0 bridgehead atoms. The van der Waals surface area contributed by atoms with Crippen molar-refractivity contribution < 1.29 is 4.74 Å². The van der Waals surface area contributed by atoms with Gasteiger partial charge in [-0.2, -0.15) is 26.3 Å². The van der Waals surface area contributed by atoms with Crippen LogP contribution in [0.1, 0.15) is 12.5 Å². The van der Waals surface area contributed by atoms with Crippen molar-refractivity contribution in [3.05, 3.63) is 22.4 Å². The summed E-state index contributed by atoms with van der Waals surface area (Å²) in [6.45, 7) is 3.51. The maximum absolute atomic E-state index is 5.05. The average molecular weight is 279 g/mol. The molecule has 2 aromatic rings. The molecule has 0 aromatic carbocycles. The van der Waals surface area contributed by atoms with Crippen LogP contribution in [-0.4, -0.2) is 35.2 Å². The molecule has 0 unspecified atom stereocenters. The van der Waals surface area contributed by atoms with Gasteiger partial charge >= 0.3 is 6.01 Å². The Morgan fingerprint density at radius 2 is 2.00 bits per heavy atom. The Bertz CT molecular complexity index is 503. The Hall–Kier alpha value is -1.89. The van der Waals surface area contributed by atoms with Crippen LogP contribution in [0.2, 0.25) is 0 Å². The number of anilines is 2. The zero-order chi connectivity index (χ0) is 13.5. The number of ether oxygens (including phenoxy) is 1. The van der Waals surface area contributed by atoms with Gasteiger partial charge in [-0.15, -0.1) is 0 Å². The molecule has 7 heteroatoms. The lowest BCUT2D eigenvalue weighted by Gasteiger charge is -2.08. The Morgan fingerprint density at radius 3 is 2.63 bits per heavy atom. The minimum Gasteiger partial charge on any atom is -0.467 e. The molecule has 102 valence electrons. The molecule has 0 spiro atoms. The summed E-state index contributed by atoms with van der Waals surface area (Å²) in [6.07, 6.45) is 0.939. The van der Waals surface area contributed by atoms with Gasteiger partial charge in [0, 0.05) is 13.1 Å². The lowest BCUT2D eigenvalue weighted by Crippen LogP contribution is -2.11. The van der Waals surface area contributed by atoms with Crippen molar-refractivity contribution in [3.8, 4) is 6.01 Å². The molecule has 19 heavy (non-hydrogen) atoms. The second-order valence-corrected chi connectivity index (χ2v) is 4.59. The average Bonchev–Trinajstić information content (AvgIpc) is 2.92. The van der Waals surface area contributed by atoms with Crippen molar-refractivity contribution in [2.24, 2.45) is 0 Å². The van der Waals surface area contributed by atoms with E-state index in [0.29, 0.717) is 17.9 Å². The minimum atomic E-state index is 0.309. The lowest BCUT2D eigenvalue weighted by atomic mass is 10.2. The van der Waals surface area contributed by atoms with E-state index < -0.39 is 0 Å². The molecular formula is C12H17N5OS. The highest BCUT2D eigenvalue weighted by molar-refractivity contribution is 7.07. The van der Waals surface area contributed by atoms with E-state index in [0.717, 1.165) is 19.5 Å². The summed E-state index contributed by atoms with van der Waals surface area (Å²) < 4.78 is 5.05. The van der Waals surface area contributed by atoms with Gasteiger partial charge in [-0.25, -0.2) is 0 Å². The molecule has 0 saturated carbocycles. The Balaban J connectivity index is 1.96. The van der Waals surface area contributed by atoms with Gasteiger partial charge in [-0.05, 0) is 35.7 Å². The van der Waals surface area contributed by atoms with Gasteiger partial charge in [0.25, 0.3) is 0 Å². The van der Waals surface area contributed by atoms with Crippen molar-refractivity contribution in [3.63, 3.8) is 0 Å². The third kappa shape index (κ3) is 4.06. The van der Waals surface area contributed by atoms with Crippen LogP contribution in [0, 0.1) is 0 Å². The van der Waals surface area contributed by atoms with Crippen LogP contribution in [0.25, 0.3) is 0 Å². The van der Waals surface area contributed by atoms with E-state index >= 15 is 0 Å². The number of aromatic nitrogens is 3. The molecule has 6 nitrogen and oxygen atoms in total. The molecule has 0 saturated heterocycles. The van der Waals surface area contributed by atoms with Crippen LogP contribution >= 0.6 is 11.3 Å². The molecule has 2 aromatic heterocycles. The van der Waals surface area contributed by atoms with Crippen LogP contribution < -0.4 is 15.4 Å². The third-order valence-electron chi connectivity index (χ3n) is 2.41. The second kappa shape index (κ2) is 6.89. The van der Waals surface area contributed by atoms with Crippen LogP contribution in [0.5, 0.6) is 6.01 Å². The highest BCUT2D eigenvalue weighted by Crippen LogP contribution is 2.11. The highest BCUT2D eigenvalue weighted by Gasteiger charge is 2.05. The molecule has 0 atom stereocenters. The van der Waals surface area contributed by atoms with E-state index in [9.17, 15) is 0 Å². The van der Waals surface area contributed by atoms with E-state index in [-0.39, 0.29) is 0 Å². The van der Waals surface area contributed by atoms with E-state index in [1.54, 1.807) is 18.4 Å².